The van der Waals surface area contributed by atoms with Crippen LogP contribution in [0.4, 0.5) is 0 Å². The lowest BCUT2D eigenvalue weighted by Gasteiger charge is -2.34. The Morgan fingerprint density at radius 2 is 2.17 bits per heavy atom. The molecule has 2 rings (SSSR count). The zero-order chi connectivity index (χ0) is 13.1. The molecule has 3 atom stereocenters. The first kappa shape index (κ1) is 14.3. The standard InChI is InChI=1S/C14H22ClNOS/c1-9(2)12-8-11(6-7-17-12)16-10(3)13-4-5-14(15)18-13/h4-5,9-12,16H,6-8H2,1-3H3. The number of ether oxygens (including phenoxy) is 1. The fourth-order valence-corrected chi connectivity index (χ4v) is 3.51. The van der Waals surface area contributed by atoms with Crippen molar-refractivity contribution in [2.24, 2.45) is 5.92 Å². The van der Waals surface area contributed by atoms with Crippen molar-refractivity contribution in [3.63, 3.8) is 0 Å². The van der Waals surface area contributed by atoms with Gasteiger partial charge in [-0.3, -0.25) is 0 Å². The average molecular weight is 288 g/mol. The van der Waals surface area contributed by atoms with Gasteiger partial charge in [0.2, 0.25) is 0 Å². The van der Waals surface area contributed by atoms with E-state index in [4.69, 9.17) is 16.3 Å². The molecule has 0 radical (unpaired) electrons. The lowest BCUT2D eigenvalue weighted by atomic mass is 9.95. The summed E-state index contributed by atoms with van der Waals surface area (Å²) in [7, 11) is 0. The van der Waals surface area contributed by atoms with Crippen LogP contribution in [0.5, 0.6) is 0 Å². The van der Waals surface area contributed by atoms with Crippen molar-refractivity contribution in [2.75, 3.05) is 6.61 Å². The second-order valence-electron chi connectivity index (χ2n) is 5.40. The first-order chi connectivity index (χ1) is 8.56. The Hall–Kier alpha value is -0.0900. The molecule has 1 saturated heterocycles. The molecule has 18 heavy (non-hydrogen) atoms. The Bertz CT molecular complexity index is 380. The first-order valence-corrected chi connectivity index (χ1v) is 7.88. The molecular formula is C14H22ClNOS. The van der Waals surface area contributed by atoms with Crippen LogP contribution in [0.1, 0.15) is 44.5 Å². The molecule has 1 aliphatic heterocycles. The van der Waals surface area contributed by atoms with E-state index in [-0.39, 0.29) is 0 Å². The van der Waals surface area contributed by atoms with E-state index in [9.17, 15) is 0 Å². The summed E-state index contributed by atoms with van der Waals surface area (Å²) < 4.78 is 6.67. The third-order valence-electron chi connectivity index (χ3n) is 3.57. The Kier molecular flexibility index (Phi) is 5.07. The summed E-state index contributed by atoms with van der Waals surface area (Å²) in [6.45, 7) is 7.55. The topological polar surface area (TPSA) is 21.3 Å². The monoisotopic (exact) mass is 287 g/mol. The third-order valence-corrected chi connectivity index (χ3v) is 4.98. The van der Waals surface area contributed by atoms with Crippen LogP contribution < -0.4 is 5.32 Å². The minimum atomic E-state index is 0.374. The van der Waals surface area contributed by atoms with Gasteiger partial charge in [-0.2, -0.15) is 0 Å². The summed E-state index contributed by atoms with van der Waals surface area (Å²) in [5, 5.41) is 3.71. The number of rotatable bonds is 4. The van der Waals surface area contributed by atoms with Crippen molar-refractivity contribution >= 4 is 22.9 Å². The Labute approximate surface area is 119 Å². The van der Waals surface area contributed by atoms with Gasteiger partial charge in [0.25, 0.3) is 0 Å². The molecule has 4 heteroatoms. The van der Waals surface area contributed by atoms with E-state index in [1.54, 1.807) is 11.3 Å². The number of halogens is 1. The van der Waals surface area contributed by atoms with Crippen LogP contribution in [-0.2, 0) is 4.74 Å². The second-order valence-corrected chi connectivity index (χ2v) is 7.15. The summed E-state index contributed by atoms with van der Waals surface area (Å²) in [6, 6.07) is 5.02. The summed E-state index contributed by atoms with van der Waals surface area (Å²) in [4.78, 5) is 1.31. The Morgan fingerprint density at radius 3 is 2.78 bits per heavy atom. The van der Waals surface area contributed by atoms with Gasteiger partial charge in [0.15, 0.2) is 0 Å². The largest absolute Gasteiger partial charge is 0.378 e. The van der Waals surface area contributed by atoms with Crippen LogP contribution in [0.3, 0.4) is 0 Å². The van der Waals surface area contributed by atoms with Gasteiger partial charge in [0.05, 0.1) is 10.4 Å². The predicted molar refractivity (Wildman–Crippen MR) is 78.5 cm³/mol. The van der Waals surface area contributed by atoms with Crippen LogP contribution in [0.25, 0.3) is 0 Å². The summed E-state index contributed by atoms with van der Waals surface area (Å²) in [5.41, 5.74) is 0. The smallest absolute Gasteiger partial charge is 0.0931 e. The van der Waals surface area contributed by atoms with Crippen molar-refractivity contribution in [3.8, 4) is 0 Å². The number of hydrogen-bond acceptors (Lipinski definition) is 3. The zero-order valence-electron chi connectivity index (χ0n) is 11.3. The molecule has 102 valence electrons. The van der Waals surface area contributed by atoms with Crippen molar-refractivity contribution < 1.29 is 4.74 Å². The van der Waals surface area contributed by atoms with Gasteiger partial charge < -0.3 is 10.1 Å². The van der Waals surface area contributed by atoms with E-state index in [1.807, 2.05) is 6.07 Å². The summed E-state index contributed by atoms with van der Waals surface area (Å²) >= 11 is 7.65. The van der Waals surface area contributed by atoms with Crippen molar-refractivity contribution in [1.82, 2.24) is 5.32 Å². The van der Waals surface area contributed by atoms with Crippen molar-refractivity contribution in [1.29, 1.82) is 0 Å². The maximum absolute atomic E-state index is 5.98. The normalized spacial score (nSPS) is 26.5. The van der Waals surface area contributed by atoms with Crippen LogP contribution in [0.15, 0.2) is 12.1 Å². The quantitative estimate of drug-likeness (QED) is 0.893. The van der Waals surface area contributed by atoms with E-state index in [0.29, 0.717) is 24.1 Å². The van der Waals surface area contributed by atoms with Crippen molar-refractivity contribution in [3.05, 3.63) is 21.3 Å². The Morgan fingerprint density at radius 1 is 1.39 bits per heavy atom. The van der Waals surface area contributed by atoms with Gasteiger partial charge in [0, 0.05) is 23.6 Å². The molecular weight excluding hydrogens is 266 g/mol. The Balaban J connectivity index is 1.89. The molecule has 1 N–H and O–H groups in total. The molecule has 2 nitrogen and oxygen atoms in total. The molecule has 0 aliphatic carbocycles. The van der Waals surface area contributed by atoms with Gasteiger partial charge in [-0.15, -0.1) is 11.3 Å². The van der Waals surface area contributed by atoms with Crippen LogP contribution >= 0.6 is 22.9 Å². The number of nitrogens with one attached hydrogen (secondary N) is 1. The molecule has 1 aliphatic rings. The predicted octanol–water partition coefficient (Wildman–Crippen LogP) is 4.26. The van der Waals surface area contributed by atoms with Gasteiger partial charge in [-0.1, -0.05) is 25.4 Å². The number of hydrogen-bond donors (Lipinski definition) is 1. The highest BCUT2D eigenvalue weighted by atomic mass is 35.5. The van der Waals surface area contributed by atoms with E-state index >= 15 is 0 Å². The number of thiophene rings is 1. The summed E-state index contributed by atoms with van der Waals surface area (Å²) in [6.07, 6.45) is 2.61. The molecule has 0 bridgehead atoms. The van der Waals surface area contributed by atoms with Gasteiger partial charge in [-0.05, 0) is 37.8 Å². The summed E-state index contributed by atoms with van der Waals surface area (Å²) in [5.74, 6) is 0.598. The lowest BCUT2D eigenvalue weighted by molar-refractivity contribution is -0.0256. The highest BCUT2D eigenvalue weighted by Gasteiger charge is 2.26. The maximum Gasteiger partial charge on any atom is 0.0931 e. The van der Waals surface area contributed by atoms with Crippen LogP contribution in [-0.4, -0.2) is 18.8 Å². The molecule has 1 aromatic rings. The first-order valence-electron chi connectivity index (χ1n) is 6.69. The van der Waals surface area contributed by atoms with Gasteiger partial charge in [0.1, 0.15) is 0 Å². The average Bonchev–Trinajstić information content (AvgIpc) is 2.76. The van der Waals surface area contributed by atoms with E-state index in [1.165, 1.54) is 4.88 Å². The van der Waals surface area contributed by atoms with E-state index in [2.05, 4.69) is 32.2 Å². The lowest BCUT2D eigenvalue weighted by Crippen LogP contribution is -2.41. The molecule has 0 saturated carbocycles. The highest BCUT2D eigenvalue weighted by Crippen LogP contribution is 2.28. The molecule has 2 heterocycles. The van der Waals surface area contributed by atoms with Crippen molar-refractivity contribution in [2.45, 2.75) is 51.8 Å². The second kappa shape index (κ2) is 6.38. The maximum atomic E-state index is 5.98. The minimum Gasteiger partial charge on any atom is -0.378 e. The molecule has 0 amide bonds. The van der Waals surface area contributed by atoms with Gasteiger partial charge >= 0.3 is 0 Å². The van der Waals surface area contributed by atoms with Gasteiger partial charge in [-0.25, -0.2) is 0 Å². The van der Waals surface area contributed by atoms with E-state index in [0.717, 1.165) is 23.8 Å². The third kappa shape index (κ3) is 3.70. The molecule has 1 fully saturated rings. The molecule has 1 aromatic heterocycles. The van der Waals surface area contributed by atoms with Crippen LogP contribution in [0.2, 0.25) is 4.34 Å². The molecule has 0 aromatic carbocycles. The molecule has 0 spiro atoms. The fraction of sp³-hybridized carbons (Fsp3) is 0.714. The zero-order valence-corrected chi connectivity index (χ0v) is 12.9. The van der Waals surface area contributed by atoms with E-state index < -0.39 is 0 Å². The minimum absolute atomic E-state index is 0.374. The van der Waals surface area contributed by atoms with Crippen LogP contribution in [0, 0.1) is 5.92 Å². The fourth-order valence-electron chi connectivity index (χ4n) is 2.44. The SMILES string of the molecule is CC(NC1CCOC(C(C)C)C1)c1ccc(Cl)s1. The molecule has 3 unspecified atom stereocenters. The highest BCUT2D eigenvalue weighted by molar-refractivity contribution is 7.16.